The van der Waals surface area contributed by atoms with E-state index >= 15 is 0 Å². The molecule has 108 valence electrons. The van der Waals surface area contributed by atoms with Crippen molar-refractivity contribution in [2.24, 2.45) is 0 Å². The van der Waals surface area contributed by atoms with Gasteiger partial charge in [-0.05, 0) is 49.7 Å². The van der Waals surface area contributed by atoms with E-state index in [1.165, 1.54) is 0 Å². The van der Waals surface area contributed by atoms with Crippen LogP contribution in [0.2, 0.25) is 5.02 Å². The van der Waals surface area contributed by atoms with E-state index in [2.05, 4.69) is 18.3 Å². The Kier molecular flexibility index (Phi) is 5.10. The first-order chi connectivity index (χ1) is 9.63. The molecule has 1 N–H and O–H groups in total. The van der Waals surface area contributed by atoms with Gasteiger partial charge in [-0.15, -0.1) is 0 Å². The van der Waals surface area contributed by atoms with Crippen LogP contribution in [0, 0.1) is 6.92 Å². The first kappa shape index (κ1) is 14.9. The molecule has 1 unspecified atom stereocenters. The number of likely N-dealkylation sites (N-methyl/N-ethyl adjacent to an activating group) is 1. The molecule has 0 aliphatic carbocycles. The maximum Gasteiger partial charge on any atom is 0.122 e. The Morgan fingerprint density at radius 3 is 2.75 bits per heavy atom. The number of methoxy groups -OCH3 is 1. The van der Waals surface area contributed by atoms with Gasteiger partial charge < -0.3 is 14.5 Å². The second-order valence-corrected chi connectivity index (χ2v) is 5.20. The lowest BCUT2D eigenvalue weighted by Crippen LogP contribution is -2.22. The summed E-state index contributed by atoms with van der Waals surface area (Å²) in [7, 11) is 1.68. The number of hydrogen-bond acceptors (Lipinski definition) is 3. The van der Waals surface area contributed by atoms with Crippen molar-refractivity contribution >= 4 is 11.6 Å². The van der Waals surface area contributed by atoms with E-state index in [0.717, 1.165) is 40.6 Å². The number of hydrogen-bond donors (Lipinski definition) is 1. The molecule has 2 aromatic rings. The number of nitrogens with one attached hydrogen (secondary N) is 1. The first-order valence-corrected chi connectivity index (χ1v) is 7.12. The van der Waals surface area contributed by atoms with Gasteiger partial charge in [-0.2, -0.15) is 0 Å². The van der Waals surface area contributed by atoms with Crippen molar-refractivity contribution in [2.45, 2.75) is 26.3 Å². The Labute approximate surface area is 124 Å². The molecule has 0 spiro atoms. The van der Waals surface area contributed by atoms with Crippen LogP contribution in [-0.4, -0.2) is 13.7 Å². The summed E-state index contributed by atoms with van der Waals surface area (Å²) in [5.41, 5.74) is 2.23. The minimum atomic E-state index is 0.185. The van der Waals surface area contributed by atoms with Gasteiger partial charge in [0.25, 0.3) is 0 Å². The van der Waals surface area contributed by atoms with Crippen molar-refractivity contribution < 1.29 is 9.15 Å². The summed E-state index contributed by atoms with van der Waals surface area (Å²) < 4.78 is 10.8. The van der Waals surface area contributed by atoms with E-state index in [1.54, 1.807) is 13.4 Å². The van der Waals surface area contributed by atoms with Crippen molar-refractivity contribution in [1.82, 2.24) is 5.32 Å². The average Bonchev–Trinajstić information content (AvgIpc) is 2.85. The fourth-order valence-electron chi connectivity index (χ4n) is 2.33. The van der Waals surface area contributed by atoms with E-state index < -0.39 is 0 Å². The number of halogens is 1. The van der Waals surface area contributed by atoms with Crippen LogP contribution < -0.4 is 10.1 Å². The second kappa shape index (κ2) is 6.82. The van der Waals surface area contributed by atoms with Gasteiger partial charge in [-0.3, -0.25) is 0 Å². The summed E-state index contributed by atoms with van der Waals surface area (Å²) in [4.78, 5) is 0. The number of aryl methyl sites for hydroxylation is 1. The van der Waals surface area contributed by atoms with Gasteiger partial charge in [0.2, 0.25) is 0 Å². The van der Waals surface area contributed by atoms with Crippen molar-refractivity contribution in [3.8, 4) is 5.75 Å². The average molecular weight is 294 g/mol. The molecular weight excluding hydrogens is 274 g/mol. The SMILES string of the molecule is CCNC(Cc1cc(Cl)ccc1OC)c1coc(C)c1. The number of benzene rings is 1. The lowest BCUT2D eigenvalue weighted by molar-refractivity contribution is 0.405. The van der Waals surface area contributed by atoms with Crippen LogP contribution in [0.4, 0.5) is 0 Å². The Balaban J connectivity index is 2.26. The van der Waals surface area contributed by atoms with Crippen LogP contribution in [-0.2, 0) is 6.42 Å². The molecule has 1 aromatic carbocycles. The molecule has 0 aliphatic heterocycles. The molecule has 1 atom stereocenters. The molecule has 0 saturated heterocycles. The van der Waals surface area contributed by atoms with Crippen LogP contribution >= 0.6 is 11.6 Å². The van der Waals surface area contributed by atoms with Crippen LogP contribution in [0.25, 0.3) is 0 Å². The standard InChI is InChI=1S/C16H20ClNO2/c1-4-18-15(13-7-11(2)20-10-13)9-12-8-14(17)5-6-16(12)19-3/h5-8,10,15,18H,4,9H2,1-3H3. The normalized spacial score (nSPS) is 12.4. The minimum absolute atomic E-state index is 0.185. The molecule has 20 heavy (non-hydrogen) atoms. The predicted molar refractivity (Wildman–Crippen MR) is 81.6 cm³/mol. The number of ether oxygens (including phenoxy) is 1. The summed E-state index contributed by atoms with van der Waals surface area (Å²) in [5, 5.41) is 4.19. The van der Waals surface area contributed by atoms with Gasteiger partial charge in [0.1, 0.15) is 11.5 Å². The number of rotatable bonds is 6. The Morgan fingerprint density at radius 1 is 1.35 bits per heavy atom. The summed E-state index contributed by atoms with van der Waals surface area (Å²) in [5.74, 6) is 1.78. The van der Waals surface area contributed by atoms with E-state index in [1.807, 2.05) is 25.1 Å². The van der Waals surface area contributed by atoms with E-state index in [9.17, 15) is 0 Å². The summed E-state index contributed by atoms with van der Waals surface area (Å²) in [6.07, 6.45) is 2.61. The molecule has 0 fully saturated rings. The Morgan fingerprint density at radius 2 is 2.15 bits per heavy atom. The molecule has 0 aliphatic rings. The first-order valence-electron chi connectivity index (χ1n) is 6.75. The fourth-order valence-corrected chi connectivity index (χ4v) is 2.52. The zero-order valence-electron chi connectivity index (χ0n) is 12.1. The van der Waals surface area contributed by atoms with Crippen LogP contribution in [0.1, 0.15) is 29.9 Å². The highest BCUT2D eigenvalue weighted by Gasteiger charge is 2.16. The predicted octanol–water partition coefficient (Wildman–Crippen LogP) is 4.14. The van der Waals surface area contributed by atoms with Gasteiger partial charge in [0, 0.05) is 16.6 Å². The second-order valence-electron chi connectivity index (χ2n) is 4.76. The van der Waals surface area contributed by atoms with Crippen molar-refractivity contribution in [1.29, 1.82) is 0 Å². The molecule has 0 bridgehead atoms. The Hall–Kier alpha value is -1.45. The summed E-state index contributed by atoms with van der Waals surface area (Å²) in [6, 6.07) is 7.95. The third-order valence-electron chi connectivity index (χ3n) is 3.27. The quantitative estimate of drug-likeness (QED) is 0.869. The van der Waals surface area contributed by atoms with Crippen LogP contribution in [0.3, 0.4) is 0 Å². The zero-order valence-corrected chi connectivity index (χ0v) is 12.8. The highest BCUT2D eigenvalue weighted by atomic mass is 35.5. The maximum absolute atomic E-state index is 6.09. The van der Waals surface area contributed by atoms with E-state index in [4.69, 9.17) is 20.8 Å². The maximum atomic E-state index is 6.09. The third-order valence-corrected chi connectivity index (χ3v) is 3.51. The molecule has 0 amide bonds. The molecular formula is C16H20ClNO2. The molecule has 0 saturated carbocycles. The lowest BCUT2D eigenvalue weighted by atomic mass is 10.00. The highest BCUT2D eigenvalue weighted by molar-refractivity contribution is 6.30. The molecule has 1 heterocycles. The molecule has 3 nitrogen and oxygen atoms in total. The van der Waals surface area contributed by atoms with Crippen LogP contribution in [0.5, 0.6) is 5.75 Å². The topological polar surface area (TPSA) is 34.4 Å². The van der Waals surface area contributed by atoms with Crippen molar-refractivity contribution in [3.05, 3.63) is 52.4 Å². The van der Waals surface area contributed by atoms with Gasteiger partial charge >= 0.3 is 0 Å². The lowest BCUT2D eigenvalue weighted by Gasteiger charge is -2.18. The van der Waals surface area contributed by atoms with E-state index in [0.29, 0.717) is 0 Å². The van der Waals surface area contributed by atoms with E-state index in [-0.39, 0.29) is 6.04 Å². The van der Waals surface area contributed by atoms with Crippen LogP contribution in [0.15, 0.2) is 34.9 Å². The number of furan rings is 1. The summed E-state index contributed by atoms with van der Waals surface area (Å²) >= 11 is 6.09. The highest BCUT2D eigenvalue weighted by Crippen LogP contribution is 2.28. The molecule has 1 aromatic heterocycles. The summed E-state index contributed by atoms with van der Waals surface area (Å²) in [6.45, 7) is 4.93. The molecule has 0 radical (unpaired) electrons. The zero-order chi connectivity index (χ0) is 14.5. The van der Waals surface area contributed by atoms with Gasteiger partial charge in [-0.25, -0.2) is 0 Å². The molecule has 2 rings (SSSR count). The Bertz CT molecular complexity index is 565. The monoisotopic (exact) mass is 293 g/mol. The van der Waals surface area contributed by atoms with Gasteiger partial charge in [0.05, 0.1) is 13.4 Å². The minimum Gasteiger partial charge on any atom is -0.496 e. The largest absolute Gasteiger partial charge is 0.496 e. The fraction of sp³-hybridized carbons (Fsp3) is 0.375. The smallest absolute Gasteiger partial charge is 0.122 e. The van der Waals surface area contributed by atoms with Gasteiger partial charge in [-0.1, -0.05) is 18.5 Å². The molecule has 4 heteroatoms. The van der Waals surface area contributed by atoms with Crippen molar-refractivity contribution in [2.75, 3.05) is 13.7 Å². The third kappa shape index (κ3) is 3.56. The van der Waals surface area contributed by atoms with Crippen molar-refractivity contribution in [3.63, 3.8) is 0 Å². The van der Waals surface area contributed by atoms with Gasteiger partial charge in [0.15, 0.2) is 0 Å².